The molecule has 1 spiro atoms. The standard InChI is InChI=1S/C26H30FNO4S/c1-5-18-15-16(2)21(19-9-11-20(27)12-10-19)17(3)22(18)23-24(32-33(4,30)31)26(28-25(23)29)13-7-6-8-14-26/h9-12,15H,5-8,13-14H2,1-4H3,(H,28,29). The van der Waals surface area contributed by atoms with E-state index in [-0.39, 0.29) is 17.5 Å². The highest BCUT2D eigenvalue weighted by Gasteiger charge is 2.49. The number of aryl methyl sites for hydroxylation is 2. The molecule has 176 valence electrons. The second-order valence-corrected chi connectivity index (χ2v) is 10.8. The van der Waals surface area contributed by atoms with E-state index in [1.54, 1.807) is 12.1 Å². The van der Waals surface area contributed by atoms with Crippen molar-refractivity contribution in [1.82, 2.24) is 5.32 Å². The maximum atomic E-state index is 13.6. The molecule has 2 aromatic rings. The summed E-state index contributed by atoms with van der Waals surface area (Å²) in [6, 6.07) is 8.31. The van der Waals surface area contributed by atoms with Crippen molar-refractivity contribution in [1.29, 1.82) is 0 Å². The Hall–Kier alpha value is -2.67. The topological polar surface area (TPSA) is 72.5 Å². The molecule has 0 saturated heterocycles. The van der Waals surface area contributed by atoms with Gasteiger partial charge in [-0.05, 0) is 78.6 Å². The van der Waals surface area contributed by atoms with Crippen molar-refractivity contribution >= 4 is 21.6 Å². The summed E-state index contributed by atoms with van der Waals surface area (Å²) < 4.78 is 43.7. The van der Waals surface area contributed by atoms with Gasteiger partial charge < -0.3 is 9.50 Å². The lowest BCUT2D eigenvalue weighted by atomic mass is 9.79. The van der Waals surface area contributed by atoms with Crippen molar-refractivity contribution < 1.29 is 21.8 Å². The Morgan fingerprint density at radius 3 is 2.27 bits per heavy atom. The number of hydrogen-bond acceptors (Lipinski definition) is 4. The van der Waals surface area contributed by atoms with Crippen molar-refractivity contribution in [2.75, 3.05) is 6.26 Å². The summed E-state index contributed by atoms with van der Waals surface area (Å²) in [5, 5.41) is 3.10. The molecule has 1 N–H and O–H groups in total. The fourth-order valence-corrected chi connectivity index (χ4v) is 5.99. The van der Waals surface area contributed by atoms with Gasteiger partial charge in [-0.1, -0.05) is 44.4 Å². The first-order chi connectivity index (χ1) is 15.6. The summed E-state index contributed by atoms with van der Waals surface area (Å²) in [4.78, 5) is 13.4. The molecule has 1 heterocycles. The molecule has 1 aliphatic carbocycles. The lowest BCUT2D eigenvalue weighted by Gasteiger charge is -2.34. The number of benzene rings is 2. The lowest BCUT2D eigenvalue weighted by molar-refractivity contribution is -0.116. The average molecular weight is 472 g/mol. The number of carbonyl (C=O) groups is 1. The van der Waals surface area contributed by atoms with Crippen LogP contribution in [0.2, 0.25) is 0 Å². The Labute approximate surface area is 195 Å². The number of amides is 1. The Bertz CT molecular complexity index is 1240. The molecule has 1 aliphatic heterocycles. The van der Waals surface area contributed by atoms with E-state index in [4.69, 9.17) is 4.18 Å². The Kier molecular flexibility index (Phi) is 6.12. The van der Waals surface area contributed by atoms with Gasteiger partial charge in [0, 0.05) is 0 Å². The van der Waals surface area contributed by atoms with E-state index in [1.807, 2.05) is 26.8 Å². The first-order valence-electron chi connectivity index (χ1n) is 11.4. The molecule has 7 heteroatoms. The van der Waals surface area contributed by atoms with E-state index in [2.05, 4.69) is 5.32 Å². The molecule has 4 rings (SSSR count). The minimum Gasteiger partial charge on any atom is -0.384 e. The SMILES string of the molecule is CCc1cc(C)c(-c2ccc(F)cc2)c(C)c1C1=C(OS(C)(=O)=O)C2(CCCCC2)NC1=O. The fourth-order valence-electron chi connectivity index (χ4n) is 5.44. The normalized spacial score (nSPS) is 18.0. The van der Waals surface area contributed by atoms with E-state index < -0.39 is 15.7 Å². The van der Waals surface area contributed by atoms with Gasteiger partial charge in [-0.25, -0.2) is 4.39 Å². The molecule has 0 radical (unpaired) electrons. The van der Waals surface area contributed by atoms with Crippen molar-refractivity contribution in [3.05, 3.63) is 64.2 Å². The summed E-state index contributed by atoms with van der Waals surface area (Å²) in [6.07, 6.45) is 5.78. The molecule has 2 aromatic carbocycles. The van der Waals surface area contributed by atoms with Crippen molar-refractivity contribution in [3.8, 4) is 11.1 Å². The van der Waals surface area contributed by atoms with Crippen LogP contribution in [0, 0.1) is 19.7 Å². The monoisotopic (exact) mass is 471 g/mol. The summed E-state index contributed by atoms with van der Waals surface area (Å²) in [7, 11) is -3.85. The van der Waals surface area contributed by atoms with Crippen LogP contribution in [0.15, 0.2) is 36.1 Å². The summed E-state index contributed by atoms with van der Waals surface area (Å²) in [6.45, 7) is 5.94. The van der Waals surface area contributed by atoms with Crippen LogP contribution in [0.3, 0.4) is 0 Å². The molecular weight excluding hydrogens is 441 g/mol. The highest BCUT2D eigenvalue weighted by molar-refractivity contribution is 7.86. The van der Waals surface area contributed by atoms with Crippen LogP contribution in [0.25, 0.3) is 16.7 Å². The van der Waals surface area contributed by atoms with Crippen LogP contribution in [0.4, 0.5) is 4.39 Å². The fraction of sp³-hybridized carbons (Fsp3) is 0.423. The van der Waals surface area contributed by atoms with Crippen LogP contribution >= 0.6 is 0 Å². The van der Waals surface area contributed by atoms with Gasteiger partial charge in [-0.15, -0.1) is 0 Å². The molecule has 33 heavy (non-hydrogen) atoms. The van der Waals surface area contributed by atoms with Crippen LogP contribution in [0.5, 0.6) is 0 Å². The van der Waals surface area contributed by atoms with Crippen molar-refractivity contribution in [2.24, 2.45) is 0 Å². The lowest BCUT2D eigenvalue weighted by Crippen LogP contribution is -2.46. The van der Waals surface area contributed by atoms with E-state index in [0.717, 1.165) is 53.3 Å². The first kappa shape index (κ1) is 23.5. The molecule has 0 atom stereocenters. The molecule has 1 amide bonds. The predicted molar refractivity (Wildman–Crippen MR) is 127 cm³/mol. The van der Waals surface area contributed by atoms with Gasteiger partial charge in [0.2, 0.25) is 0 Å². The summed E-state index contributed by atoms with van der Waals surface area (Å²) in [5.41, 5.74) is 4.77. The molecule has 0 unspecified atom stereocenters. The van der Waals surface area contributed by atoms with Crippen molar-refractivity contribution in [3.63, 3.8) is 0 Å². The molecule has 0 bridgehead atoms. The highest BCUT2D eigenvalue weighted by atomic mass is 32.2. The maximum Gasteiger partial charge on any atom is 0.306 e. The van der Waals surface area contributed by atoms with Gasteiger partial charge in [0.15, 0.2) is 5.76 Å². The average Bonchev–Trinajstić information content (AvgIpc) is 2.98. The molecule has 5 nitrogen and oxygen atoms in total. The third kappa shape index (κ3) is 4.31. The minimum atomic E-state index is -3.85. The van der Waals surface area contributed by atoms with E-state index in [9.17, 15) is 17.6 Å². The molecule has 0 aromatic heterocycles. The minimum absolute atomic E-state index is 0.224. The van der Waals surface area contributed by atoms with Crippen LogP contribution in [-0.4, -0.2) is 26.1 Å². The van der Waals surface area contributed by atoms with Gasteiger partial charge in [0.25, 0.3) is 5.91 Å². The third-order valence-electron chi connectivity index (χ3n) is 6.80. The number of carbonyl (C=O) groups excluding carboxylic acids is 1. The van der Waals surface area contributed by atoms with Crippen LogP contribution < -0.4 is 5.32 Å². The smallest absolute Gasteiger partial charge is 0.306 e. The van der Waals surface area contributed by atoms with E-state index in [0.29, 0.717) is 30.4 Å². The third-order valence-corrected chi connectivity index (χ3v) is 7.27. The largest absolute Gasteiger partial charge is 0.384 e. The number of rotatable bonds is 5. The van der Waals surface area contributed by atoms with E-state index in [1.165, 1.54) is 12.1 Å². The quantitative estimate of drug-likeness (QED) is 0.609. The number of halogens is 1. The van der Waals surface area contributed by atoms with Crippen LogP contribution in [0.1, 0.15) is 61.3 Å². The van der Waals surface area contributed by atoms with Gasteiger partial charge in [0.05, 0.1) is 11.8 Å². The van der Waals surface area contributed by atoms with Crippen molar-refractivity contribution in [2.45, 2.75) is 64.8 Å². The van der Waals surface area contributed by atoms with Crippen LogP contribution in [-0.2, 0) is 25.5 Å². The molecule has 1 fully saturated rings. The van der Waals surface area contributed by atoms with Gasteiger partial charge in [-0.2, -0.15) is 8.42 Å². The van der Waals surface area contributed by atoms with E-state index >= 15 is 0 Å². The Morgan fingerprint density at radius 1 is 1.06 bits per heavy atom. The predicted octanol–water partition coefficient (Wildman–Crippen LogP) is 5.19. The van der Waals surface area contributed by atoms with Gasteiger partial charge in [0.1, 0.15) is 11.4 Å². The van der Waals surface area contributed by atoms with Gasteiger partial charge in [-0.3, -0.25) is 4.79 Å². The molecule has 1 saturated carbocycles. The zero-order chi connectivity index (χ0) is 24.0. The van der Waals surface area contributed by atoms with Gasteiger partial charge >= 0.3 is 10.1 Å². The second-order valence-electron chi connectivity index (χ2n) is 9.18. The zero-order valence-corrected chi connectivity index (χ0v) is 20.4. The Morgan fingerprint density at radius 2 is 1.70 bits per heavy atom. The molecule has 2 aliphatic rings. The Balaban J connectivity index is 2.03. The summed E-state index contributed by atoms with van der Waals surface area (Å²) >= 11 is 0. The maximum absolute atomic E-state index is 13.6. The first-order valence-corrected chi connectivity index (χ1v) is 13.2. The second kappa shape index (κ2) is 8.60. The highest BCUT2D eigenvalue weighted by Crippen LogP contribution is 2.46. The zero-order valence-electron chi connectivity index (χ0n) is 19.5. The number of hydrogen-bond donors (Lipinski definition) is 1. The number of nitrogens with one attached hydrogen (secondary N) is 1. The summed E-state index contributed by atoms with van der Waals surface area (Å²) in [5.74, 6) is -0.399. The molecular formula is C26H30FNO4S.